The number of carbonyl (C=O) groups excluding carboxylic acids is 1. The second-order valence-electron chi connectivity index (χ2n) is 4.19. The topological polar surface area (TPSA) is 85.6 Å². The van der Waals surface area contributed by atoms with Crippen molar-refractivity contribution in [3.8, 4) is 0 Å². The summed E-state index contributed by atoms with van der Waals surface area (Å²) in [6.07, 6.45) is 2.10. The molecule has 2 aromatic rings. The van der Waals surface area contributed by atoms with Crippen molar-refractivity contribution in [1.82, 2.24) is 30.5 Å². The van der Waals surface area contributed by atoms with E-state index < -0.39 is 0 Å². The smallest absolute Gasteiger partial charge is 0.244 e. The van der Waals surface area contributed by atoms with Gasteiger partial charge in [-0.25, -0.2) is 4.98 Å². The van der Waals surface area contributed by atoms with Gasteiger partial charge in [0.15, 0.2) is 6.33 Å². The maximum absolute atomic E-state index is 11.9. The lowest BCUT2D eigenvalue weighted by atomic mass is 10.2. The molecule has 1 atom stereocenters. The minimum absolute atomic E-state index is 0.0616. The lowest BCUT2D eigenvalue weighted by Gasteiger charge is -2.13. The van der Waals surface area contributed by atoms with Crippen LogP contribution in [-0.4, -0.2) is 31.1 Å². The van der Waals surface area contributed by atoms with E-state index in [1.54, 1.807) is 11.3 Å². The lowest BCUT2D eigenvalue weighted by Crippen LogP contribution is -2.32. The lowest BCUT2D eigenvalue weighted by molar-refractivity contribution is -0.122. The summed E-state index contributed by atoms with van der Waals surface area (Å²) in [6.45, 7) is 6.10. The second kappa shape index (κ2) is 5.87. The van der Waals surface area contributed by atoms with Crippen LogP contribution in [0.4, 0.5) is 0 Å². The molecule has 102 valence electrons. The van der Waals surface area contributed by atoms with E-state index in [9.17, 15) is 4.79 Å². The predicted octanol–water partition coefficient (Wildman–Crippen LogP) is 1.01. The van der Waals surface area contributed by atoms with Crippen molar-refractivity contribution in [2.24, 2.45) is 0 Å². The summed E-state index contributed by atoms with van der Waals surface area (Å²) >= 11 is 1.62. The third-order valence-corrected chi connectivity index (χ3v) is 3.95. The fourth-order valence-corrected chi connectivity index (χ4v) is 2.67. The number of hydrogen-bond acceptors (Lipinski definition) is 6. The standard InChI is InChI=1S/C11H16N6OS/c1-4-9(11-14-7(2)8(3)19-11)15-10(18)5-17-13-6-12-16-17/h6,9H,4-5H2,1-3H3,(H,15,18). The Balaban J connectivity index is 2.00. The quantitative estimate of drug-likeness (QED) is 0.883. The molecule has 0 aromatic carbocycles. The van der Waals surface area contributed by atoms with Gasteiger partial charge in [0.05, 0.1) is 11.7 Å². The number of aryl methyl sites for hydroxylation is 2. The molecule has 0 aliphatic rings. The zero-order valence-electron chi connectivity index (χ0n) is 11.1. The van der Waals surface area contributed by atoms with Gasteiger partial charge in [0.1, 0.15) is 11.6 Å². The molecule has 0 saturated heterocycles. The normalized spacial score (nSPS) is 12.4. The van der Waals surface area contributed by atoms with Gasteiger partial charge in [-0.15, -0.1) is 21.5 Å². The number of hydrogen-bond donors (Lipinski definition) is 1. The van der Waals surface area contributed by atoms with Gasteiger partial charge in [-0.05, 0) is 25.5 Å². The van der Waals surface area contributed by atoms with Crippen molar-refractivity contribution in [1.29, 1.82) is 0 Å². The van der Waals surface area contributed by atoms with Gasteiger partial charge in [0.2, 0.25) is 5.91 Å². The molecule has 0 spiro atoms. The van der Waals surface area contributed by atoms with Crippen molar-refractivity contribution in [3.05, 3.63) is 21.9 Å². The molecule has 2 heterocycles. The van der Waals surface area contributed by atoms with E-state index in [0.29, 0.717) is 0 Å². The van der Waals surface area contributed by atoms with Crippen molar-refractivity contribution in [3.63, 3.8) is 0 Å². The Morgan fingerprint density at radius 3 is 2.84 bits per heavy atom. The number of aromatic nitrogens is 5. The van der Waals surface area contributed by atoms with Crippen molar-refractivity contribution < 1.29 is 4.79 Å². The van der Waals surface area contributed by atoms with Gasteiger partial charge in [-0.1, -0.05) is 6.92 Å². The summed E-state index contributed by atoms with van der Waals surface area (Å²) < 4.78 is 0. The van der Waals surface area contributed by atoms with Gasteiger partial charge < -0.3 is 5.32 Å². The zero-order valence-corrected chi connectivity index (χ0v) is 11.9. The molecule has 0 radical (unpaired) electrons. The molecule has 0 bridgehead atoms. The Bertz CT molecular complexity index is 530. The summed E-state index contributed by atoms with van der Waals surface area (Å²) in [5.41, 5.74) is 1.02. The SMILES string of the molecule is CCC(NC(=O)Cn1ncnn1)c1nc(C)c(C)s1. The van der Waals surface area contributed by atoms with E-state index in [1.165, 1.54) is 16.0 Å². The Kier molecular flexibility index (Phi) is 4.20. The van der Waals surface area contributed by atoms with E-state index in [1.807, 2.05) is 20.8 Å². The molecule has 1 amide bonds. The average molecular weight is 280 g/mol. The highest BCUT2D eigenvalue weighted by atomic mass is 32.1. The van der Waals surface area contributed by atoms with E-state index in [2.05, 4.69) is 25.7 Å². The van der Waals surface area contributed by atoms with Crippen LogP contribution in [0.15, 0.2) is 6.33 Å². The van der Waals surface area contributed by atoms with Gasteiger partial charge in [0, 0.05) is 4.88 Å². The monoisotopic (exact) mass is 280 g/mol. The largest absolute Gasteiger partial charge is 0.345 e. The van der Waals surface area contributed by atoms with E-state index in [4.69, 9.17) is 0 Å². The van der Waals surface area contributed by atoms with Gasteiger partial charge in [-0.3, -0.25) is 4.79 Å². The van der Waals surface area contributed by atoms with Crippen LogP contribution in [0.2, 0.25) is 0 Å². The first-order chi connectivity index (χ1) is 9.10. The van der Waals surface area contributed by atoms with Crippen molar-refractivity contribution >= 4 is 17.2 Å². The molecule has 0 aliphatic heterocycles. The number of rotatable bonds is 5. The fourth-order valence-electron chi connectivity index (χ4n) is 1.61. The van der Waals surface area contributed by atoms with Crippen LogP contribution in [0.1, 0.15) is 35.0 Å². The van der Waals surface area contributed by atoms with Crippen LogP contribution in [0.5, 0.6) is 0 Å². The number of nitrogens with zero attached hydrogens (tertiary/aromatic N) is 5. The Labute approximate surface area is 115 Å². The number of amides is 1. The van der Waals surface area contributed by atoms with Crippen LogP contribution in [0.3, 0.4) is 0 Å². The first kappa shape index (κ1) is 13.6. The molecule has 1 N–H and O–H groups in total. The molecule has 2 rings (SSSR count). The van der Waals surface area contributed by atoms with Crippen molar-refractivity contribution in [2.75, 3.05) is 0 Å². The molecule has 0 saturated carbocycles. The number of nitrogens with one attached hydrogen (secondary N) is 1. The van der Waals surface area contributed by atoms with Gasteiger partial charge in [0.25, 0.3) is 0 Å². The summed E-state index contributed by atoms with van der Waals surface area (Å²) in [6, 6.07) is -0.0616. The summed E-state index contributed by atoms with van der Waals surface area (Å²) in [4.78, 5) is 18.8. The van der Waals surface area contributed by atoms with Crippen molar-refractivity contribution in [2.45, 2.75) is 39.8 Å². The molecule has 0 aliphatic carbocycles. The predicted molar refractivity (Wildman–Crippen MR) is 70.6 cm³/mol. The summed E-state index contributed by atoms with van der Waals surface area (Å²) in [5, 5.41) is 14.9. The Morgan fingerprint density at radius 2 is 2.32 bits per heavy atom. The highest BCUT2D eigenvalue weighted by molar-refractivity contribution is 7.11. The maximum Gasteiger partial charge on any atom is 0.244 e. The first-order valence-corrected chi connectivity index (χ1v) is 6.85. The molecule has 7 nitrogen and oxygen atoms in total. The third kappa shape index (κ3) is 3.34. The van der Waals surface area contributed by atoms with E-state index >= 15 is 0 Å². The number of carbonyl (C=O) groups is 1. The number of thiazole rings is 1. The zero-order chi connectivity index (χ0) is 13.8. The molecule has 0 fully saturated rings. The van der Waals surface area contributed by atoms with E-state index in [0.717, 1.165) is 17.1 Å². The first-order valence-electron chi connectivity index (χ1n) is 6.04. The molecular weight excluding hydrogens is 264 g/mol. The highest BCUT2D eigenvalue weighted by Crippen LogP contribution is 2.24. The van der Waals surface area contributed by atoms with Crippen LogP contribution in [0.25, 0.3) is 0 Å². The van der Waals surface area contributed by atoms with Crippen LogP contribution >= 0.6 is 11.3 Å². The molecule has 1 unspecified atom stereocenters. The number of tetrazole rings is 1. The van der Waals surface area contributed by atoms with Crippen LogP contribution in [-0.2, 0) is 11.3 Å². The average Bonchev–Trinajstić information content (AvgIpc) is 2.97. The summed E-state index contributed by atoms with van der Waals surface area (Å²) in [5.74, 6) is -0.143. The van der Waals surface area contributed by atoms with Crippen LogP contribution in [0, 0.1) is 13.8 Å². The third-order valence-electron chi connectivity index (χ3n) is 2.76. The Morgan fingerprint density at radius 1 is 1.53 bits per heavy atom. The molecular formula is C11H16N6OS. The highest BCUT2D eigenvalue weighted by Gasteiger charge is 2.17. The van der Waals surface area contributed by atoms with E-state index in [-0.39, 0.29) is 18.5 Å². The second-order valence-corrected chi connectivity index (χ2v) is 5.42. The maximum atomic E-state index is 11.9. The molecule has 2 aromatic heterocycles. The summed E-state index contributed by atoms with van der Waals surface area (Å²) in [7, 11) is 0. The van der Waals surface area contributed by atoms with Crippen LogP contribution < -0.4 is 5.32 Å². The Hall–Kier alpha value is -1.83. The molecule has 19 heavy (non-hydrogen) atoms. The molecule has 8 heteroatoms. The minimum atomic E-state index is -0.143. The van der Waals surface area contributed by atoms with Gasteiger partial charge in [-0.2, -0.15) is 4.80 Å². The minimum Gasteiger partial charge on any atom is -0.345 e. The fraction of sp³-hybridized carbons (Fsp3) is 0.545. The van der Waals surface area contributed by atoms with Gasteiger partial charge >= 0.3 is 0 Å².